The van der Waals surface area contributed by atoms with Crippen LogP contribution >= 0.6 is 0 Å². The van der Waals surface area contributed by atoms with Gasteiger partial charge < -0.3 is 20.0 Å². The highest BCUT2D eigenvalue weighted by Gasteiger charge is 2.16. The molecule has 0 radical (unpaired) electrons. The summed E-state index contributed by atoms with van der Waals surface area (Å²) in [6.45, 7) is 0. The summed E-state index contributed by atoms with van der Waals surface area (Å²) in [6.07, 6.45) is 5.31. The average Bonchev–Trinajstić information content (AvgIpc) is 3.39. The number of aromatic carboxylic acids is 1. The summed E-state index contributed by atoms with van der Waals surface area (Å²) in [5.41, 5.74) is 9.41. The van der Waals surface area contributed by atoms with Crippen molar-refractivity contribution in [3.63, 3.8) is 0 Å². The molecule has 1 amide bonds. The summed E-state index contributed by atoms with van der Waals surface area (Å²) in [4.78, 5) is 27.1. The molecule has 0 aliphatic carbocycles. The first kappa shape index (κ1) is 17.7. The van der Waals surface area contributed by atoms with Gasteiger partial charge in [0.2, 0.25) is 5.91 Å². The average molecular weight is 396 g/mol. The molecule has 3 N–H and O–H groups in total. The lowest BCUT2D eigenvalue weighted by atomic mass is 10.1. The van der Waals surface area contributed by atoms with Crippen molar-refractivity contribution in [1.82, 2.24) is 14.1 Å². The highest BCUT2D eigenvalue weighted by Crippen LogP contribution is 2.34. The Hall–Kier alpha value is -4.39. The normalized spacial score (nSPS) is 11.2. The molecular formula is C23H16N4O3. The van der Waals surface area contributed by atoms with Crippen molar-refractivity contribution in [2.45, 2.75) is 0 Å². The largest absolute Gasteiger partial charge is 0.478 e. The third-order valence-corrected chi connectivity index (χ3v) is 5.21. The monoisotopic (exact) mass is 396 g/mol. The van der Waals surface area contributed by atoms with Crippen molar-refractivity contribution in [3.05, 3.63) is 90.5 Å². The molecule has 0 aliphatic rings. The van der Waals surface area contributed by atoms with Gasteiger partial charge in [0.05, 0.1) is 22.9 Å². The first-order chi connectivity index (χ1) is 14.5. The number of nitrogens with two attached hydrogens (primary N) is 1. The molecular weight excluding hydrogens is 380 g/mol. The Balaban J connectivity index is 1.82. The number of nitrogens with zero attached hydrogens (tertiary/aromatic N) is 3. The summed E-state index contributed by atoms with van der Waals surface area (Å²) in [6, 6.07) is 18.0. The van der Waals surface area contributed by atoms with Gasteiger partial charge in [-0.25, -0.2) is 9.78 Å². The van der Waals surface area contributed by atoms with Gasteiger partial charge in [0.1, 0.15) is 0 Å². The Labute approximate surface area is 170 Å². The Kier molecular flexibility index (Phi) is 3.89. The van der Waals surface area contributed by atoms with E-state index in [2.05, 4.69) is 4.98 Å². The van der Waals surface area contributed by atoms with E-state index in [0.29, 0.717) is 5.56 Å². The van der Waals surface area contributed by atoms with Crippen LogP contribution in [-0.2, 0) is 0 Å². The lowest BCUT2D eigenvalue weighted by Crippen LogP contribution is -2.10. The fourth-order valence-corrected chi connectivity index (χ4v) is 3.77. The van der Waals surface area contributed by atoms with E-state index in [-0.39, 0.29) is 5.56 Å². The molecule has 0 aliphatic heterocycles. The highest BCUT2D eigenvalue weighted by atomic mass is 16.4. The number of carbonyl (C=O) groups excluding carboxylic acids is 1. The summed E-state index contributed by atoms with van der Waals surface area (Å²) in [5, 5.41) is 11.4. The van der Waals surface area contributed by atoms with Crippen molar-refractivity contribution in [3.8, 4) is 11.4 Å². The van der Waals surface area contributed by atoms with E-state index < -0.39 is 11.9 Å². The smallest absolute Gasteiger partial charge is 0.335 e. The SMILES string of the molecule is NC(=O)c1ccc(-n2c3ccc(-n4ccnc4)cc3c3ccc(C(=O)O)cc32)cc1. The number of fused-ring (bicyclic) bond motifs is 3. The van der Waals surface area contributed by atoms with Crippen LogP contribution in [0, 0.1) is 0 Å². The van der Waals surface area contributed by atoms with E-state index in [9.17, 15) is 14.7 Å². The maximum atomic E-state index is 11.6. The quantitative estimate of drug-likeness (QED) is 0.483. The molecule has 5 rings (SSSR count). The molecule has 7 heteroatoms. The molecule has 146 valence electrons. The minimum absolute atomic E-state index is 0.204. The minimum Gasteiger partial charge on any atom is -0.478 e. The lowest BCUT2D eigenvalue weighted by molar-refractivity contribution is 0.0696. The molecule has 5 aromatic rings. The maximum absolute atomic E-state index is 11.6. The van der Waals surface area contributed by atoms with E-state index in [0.717, 1.165) is 33.2 Å². The van der Waals surface area contributed by atoms with E-state index in [1.807, 2.05) is 39.6 Å². The van der Waals surface area contributed by atoms with Crippen LogP contribution in [0.2, 0.25) is 0 Å². The van der Waals surface area contributed by atoms with Crippen LogP contribution in [0.15, 0.2) is 79.4 Å². The highest BCUT2D eigenvalue weighted by molar-refractivity contribution is 6.11. The number of amides is 1. The minimum atomic E-state index is -0.989. The number of carboxylic acid groups (broad SMARTS) is 1. The van der Waals surface area contributed by atoms with Crippen molar-refractivity contribution < 1.29 is 14.7 Å². The molecule has 0 fully saturated rings. The predicted molar refractivity (Wildman–Crippen MR) is 113 cm³/mol. The van der Waals surface area contributed by atoms with Gasteiger partial charge in [-0.2, -0.15) is 0 Å². The Morgan fingerprint density at radius 3 is 2.23 bits per heavy atom. The van der Waals surface area contributed by atoms with Gasteiger partial charge in [0.25, 0.3) is 0 Å². The van der Waals surface area contributed by atoms with Gasteiger partial charge in [-0.15, -0.1) is 0 Å². The maximum Gasteiger partial charge on any atom is 0.335 e. The second kappa shape index (κ2) is 6.59. The molecule has 0 saturated heterocycles. The molecule has 7 nitrogen and oxygen atoms in total. The molecule has 30 heavy (non-hydrogen) atoms. The lowest BCUT2D eigenvalue weighted by Gasteiger charge is -2.09. The molecule has 3 aromatic carbocycles. The molecule has 2 heterocycles. The van der Waals surface area contributed by atoms with Gasteiger partial charge in [-0.3, -0.25) is 4.79 Å². The number of aromatic nitrogens is 3. The third-order valence-electron chi connectivity index (χ3n) is 5.21. The molecule has 0 spiro atoms. The second-order valence-corrected chi connectivity index (χ2v) is 6.96. The van der Waals surface area contributed by atoms with Crippen molar-refractivity contribution in [2.24, 2.45) is 5.73 Å². The van der Waals surface area contributed by atoms with Crippen LogP contribution in [0.1, 0.15) is 20.7 Å². The van der Waals surface area contributed by atoms with Crippen LogP contribution < -0.4 is 5.73 Å². The summed E-state index contributed by atoms with van der Waals surface area (Å²) >= 11 is 0. The predicted octanol–water partition coefficient (Wildman–Crippen LogP) is 3.77. The van der Waals surface area contributed by atoms with E-state index in [4.69, 9.17) is 5.73 Å². The van der Waals surface area contributed by atoms with Gasteiger partial charge in [0, 0.05) is 40.1 Å². The van der Waals surface area contributed by atoms with Crippen molar-refractivity contribution in [2.75, 3.05) is 0 Å². The molecule has 0 atom stereocenters. The number of hydrogen-bond acceptors (Lipinski definition) is 3. The van der Waals surface area contributed by atoms with Gasteiger partial charge in [0.15, 0.2) is 0 Å². The van der Waals surface area contributed by atoms with Crippen LogP contribution in [0.25, 0.3) is 33.2 Å². The zero-order valence-electron chi connectivity index (χ0n) is 15.7. The topological polar surface area (TPSA) is 103 Å². The van der Waals surface area contributed by atoms with Crippen LogP contribution in [0.4, 0.5) is 0 Å². The number of carbonyl (C=O) groups is 2. The standard InChI is InChI=1S/C23H16N4O3/c24-22(28)14-1-4-16(5-2-14)27-20-8-6-17(26-10-9-25-13-26)12-19(20)18-7-3-15(23(29)30)11-21(18)27/h1-13H,(H2,24,28)(H,29,30). The Morgan fingerprint density at radius 2 is 1.57 bits per heavy atom. The second-order valence-electron chi connectivity index (χ2n) is 6.96. The van der Waals surface area contributed by atoms with Gasteiger partial charge in [-0.1, -0.05) is 6.07 Å². The number of hydrogen-bond donors (Lipinski definition) is 2. The van der Waals surface area contributed by atoms with E-state index in [1.54, 1.807) is 48.9 Å². The van der Waals surface area contributed by atoms with Crippen LogP contribution in [-0.4, -0.2) is 31.1 Å². The number of primary amides is 1. The van der Waals surface area contributed by atoms with Crippen molar-refractivity contribution in [1.29, 1.82) is 0 Å². The summed E-state index contributed by atoms with van der Waals surface area (Å²) in [5.74, 6) is -1.49. The third kappa shape index (κ3) is 2.72. The van der Waals surface area contributed by atoms with E-state index in [1.165, 1.54) is 0 Å². The zero-order valence-corrected chi connectivity index (χ0v) is 15.7. The molecule has 2 aromatic heterocycles. The molecule has 0 bridgehead atoms. The van der Waals surface area contributed by atoms with Crippen molar-refractivity contribution >= 4 is 33.7 Å². The fraction of sp³-hybridized carbons (Fsp3) is 0. The Morgan fingerprint density at radius 1 is 0.833 bits per heavy atom. The molecule has 0 unspecified atom stereocenters. The number of imidazole rings is 1. The fourth-order valence-electron chi connectivity index (χ4n) is 3.77. The first-order valence-corrected chi connectivity index (χ1v) is 9.23. The summed E-state index contributed by atoms with van der Waals surface area (Å²) in [7, 11) is 0. The van der Waals surface area contributed by atoms with Crippen LogP contribution in [0.5, 0.6) is 0 Å². The van der Waals surface area contributed by atoms with Crippen LogP contribution in [0.3, 0.4) is 0 Å². The van der Waals surface area contributed by atoms with E-state index >= 15 is 0 Å². The zero-order chi connectivity index (χ0) is 20.8. The summed E-state index contributed by atoms with van der Waals surface area (Å²) < 4.78 is 3.90. The Bertz CT molecular complexity index is 1430. The number of rotatable bonds is 4. The number of carboxylic acids is 1. The van der Waals surface area contributed by atoms with Gasteiger partial charge in [-0.05, 0) is 54.6 Å². The first-order valence-electron chi connectivity index (χ1n) is 9.23. The molecule has 0 saturated carbocycles. The van der Waals surface area contributed by atoms with Gasteiger partial charge >= 0.3 is 5.97 Å². The number of benzene rings is 3.